The van der Waals surface area contributed by atoms with Crippen LogP contribution in [0, 0.1) is 0 Å². The van der Waals surface area contributed by atoms with Crippen LogP contribution in [-0.4, -0.2) is 142 Å². The Kier molecular flexibility index (Phi) is 18.0. The van der Waals surface area contributed by atoms with Gasteiger partial charge in [0.2, 0.25) is 20.0 Å². The number of allylic oxidation sites excluding steroid dienone is 5. The number of hydrogen-bond donors (Lipinski definition) is 8. The third-order valence-corrected chi connectivity index (χ3v) is 20.2. The first-order chi connectivity index (χ1) is 35.7. The summed E-state index contributed by atoms with van der Waals surface area (Å²) in [5.41, 5.74) is 0.0295. The van der Waals surface area contributed by atoms with Gasteiger partial charge >= 0.3 is 5.97 Å². The number of sulfonamides is 2. The molecule has 0 radical (unpaired) electrons. The van der Waals surface area contributed by atoms with Gasteiger partial charge in [-0.1, -0.05) is 70.6 Å². The van der Waals surface area contributed by atoms with Crippen molar-refractivity contribution < 1.29 is 91.6 Å². The van der Waals surface area contributed by atoms with Crippen LogP contribution in [0.5, 0.6) is 0 Å². The van der Waals surface area contributed by atoms with E-state index in [1.165, 1.54) is 18.2 Å². The molecule has 0 fully saturated rings. The zero-order chi connectivity index (χ0) is 58.4. The van der Waals surface area contributed by atoms with Crippen molar-refractivity contribution in [2.75, 3.05) is 53.2 Å². The van der Waals surface area contributed by atoms with E-state index in [2.05, 4.69) is 0 Å². The van der Waals surface area contributed by atoms with E-state index in [0.29, 0.717) is 59.6 Å². The highest BCUT2D eigenvalue weighted by Gasteiger charge is 2.45. The maximum Gasteiger partial charge on any atom is 0.303 e. The van der Waals surface area contributed by atoms with Gasteiger partial charge < -0.3 is 14.9 Å². The zero-order valence-electron chi connectivity index (χ0n) is 42.1. The summed E-state index contributed by atoms with van der Waals surface area (Å²) in [7, 11) is -33.4. The molecule has 0 aromatic heterocycles. The van der Waals surface area contributed by atoms with Gasteiger partial charge in [0, 0.05) is 71.3 Å². The van der Waals surface area contributed by atoms with Gasteiger partial charge in [-0.2, -0.15) is 42.1 Å². The van der Waals surface area contributed by atoms with Crippen molar-refractivity contribution in [1.29, 1.82) is 0 Å². The molecule has 0 spiro atoms. The molecule has 1 atom stereocenters. The number of nitrogens with one attached hydrogen (secondary N) is 2. The average molecular weight is 1230 g/mol. The number of rotatable bonds is 25. The van der Waals surface area contributed by atoms with Crippen molar-refractivity contribution in [3.63, 3.8) is 0 Å². The van der Waals surface area contributed by atoms with E-state index in [1.807, 2.05) is 14.3 Å². The summed E-state index contributed by atoms with van der Waals surface area (Å²) in [5.74, 6) is -3.69. The van der Waals surface area contributed by atoms with Crippen LogP contribution in [0.25, 0.3) is 21.5 Å². The highest BCUT2D eigenvalue weighted by Crippen LogP contribution is 2.53. The molecule has 78 heavy (non-hydrogen) atoms. The summed E-state index contributed by atoms with van der Waals surface area (Å²) in [4.78, 5) is 12.0. The van der Waals surface area contributed by atoms with E-state index in [0.717, 1.165) is 12.1 Å². The molecule has 8 N–H and O–H groups in total. The molecule has 6 rings (SSSR count). The fourth-order valence-electron chi connectivity index (χ4n) is 9.98. The fraction of sp³-hybridized carbons (Fsp3) is 0.413. The number of fused-ring (bicyclic) bond motifs is 6. The van der Waals surface area contributed by atoms with E-state index in [-0.39, 0.29) is 47.5 Å². The van der Waals surface area contributed by atoms with E-state index >= 15 is 0 Å². The summed E-state index contributed by atoms with van der Waals surface area (Å²) in [6.45, 7) is 5.68. The lowest BCUT2D eigenvalue weighted by molar-refractivity contribution is -0.137. The number of aliphatic carboxylic acids is 1. The predicted octanol–water partition coefficient (Wildman–Crippen LogP) is 4.00. The van der Waals surface area contributed by atoms with Gasteiger partial charge in [0.15, 0.2) is 0 Å². The normalized spacial score (nSPS) is 17.8. The van der Waals surface area contributed by atoms with E-state index in [4.69, 9.17) is 0 Å². The van der Waals surface area contributed by atoms with Gasteiger partial charge in [0.1, 0.15) is 0 Å². The van der Waals surface area contributed by atoms with E-state index in [9.17, 15) is 91.6 Å². The van der Waals surface area contributed by atoms with Gasteiger partial charge in [-0.25, -0.2) is 26.3 Å². The molecular formula is C46H58N4O21S7. The number of carboxylic acids is 1. The summed E-state index contributed by atoms with van der Waals surface area (Å²) in [6.07, 6.45) is 9.41. The first-order valence-electron chi connectivity index (χ1n) is 23.5. The Labute approximate surface area is 452 Å². The quantitative estimate of drug-likeness (QED) is 0.0264. The number of carboxylic acid groups (broad SMARTS) is 1. The van der Waals surface area contributed by atoms with Crippen molar-refractivity contribution >= 4 is 110 Å². The van der Waals surface area contributed by atoms with Crippen LogP contribution in [0.15, 0.2) is 104 Å². The van der Waals surface area contributed by atoms with Crippen LogP contribution in [0.4, 0.5) is 11.4 Å². The molecule has 4 aromatic carbocycles. The van der Waals surface area contributed by atoms with Crippen LogP contribution in [0.2, 0.25) is 0 Å². The van der Waals surface area contributed by atoms with Crippen LogP contribution in [0.1, 0.15) is 70.9 Å². The molecule has 25 nitrogen and oxygen atoms in total. The molecule has 0 bridgehead atoms. The van der Waals surface area contributed by atoms with Gasteiger partial charge in [0.05, 0.1) is 42.9 Å². The van der Waals surface area contributed by atoms with Crippen molar-refractivity contribution in [2.45, 2.75) is 96.3 Å². The second-order valence-corrected chi connectivity index (χ2v) is 30.6. The third-order valence-electron chi connectivity index (χ3n) is 13.3. The van der Waals surface area contributed by atoms with E-state index < -0.39 is 143 Å². The molecule has 4 aromatic rings. The molecule has 0 saturated carbocycles. The number of hydrogen-bond acceptors (Lipinski definition) is 17. The standard InChI is InChI=1S/C46H58N4O21S7/c1-45(2)40(49(21-10-6-9-14-42(51)52)36-17-15-32-34(43(36)45)26-30(77(66,67)68)28-38(32)75(62,63)47-19-24-73(56,57)58)12-7-5-8-13-41-46(3,4)44-35-27-31(78(69,70)71)29-39(76(64,65)48-20-25-74(59,60)61)33(35)16-18-37(44)50(41)22-11-23-72(53,54)55/h5,7-8,12-13,15-18,26-29,41,47-48H,6,9-11,14,19-25H2,1-4H3,(H,51,52)(H,53,54,55)(H,56,57,58)(H,59,60,61)(H,66,67,68)(H,69,70,71)/b7-5+,13-8+,40-12+. The third kappa shape index (κ3) is 14.3. The predicted molar refractivity (Wildman–Crippen MR) is 289 cm³/mol. The lowest BCUT2D eigenvalue weighted by Gasteiger charge is -2.32. The lowest BCUT2D eigenvalue weighted by atomic mass is 9.78. The van der Waals surface area contributed by atoms with Gasteiger partial charge in [-0.05, 0) is 83.6 Å². The molecule has 2 aliphatic heterocycles. The average Bonchev–Trinajstić information content (AvgIpc) is 3.69. The molecule has 1 unspecified atom stereocenters. The van der Waals surface area contributed by atoms with Crippen molar-refractivity contribution in [3.8, 4) is 0 Å². The Morgan fingerprint density at radius 2 is 1.05 bits per heavy atom. The molecule has 430 valence electrons. The summed E-state index contributed by atoms with van der Waals surface area (Å²) >= 11 is 0. The number of anilines is 2. The second kappa shape index (κ2) is 22.5. The minimum atomic E-state index is -5.11. The van der Waals surface area contributed by atoms with Gasteiger partial charge in [-0.3, -0.25) is 27.6 Å². The summed E-state index contributed by atoms with van der Waals surface area (Å²) in [6, 6.07) is 8.71. The monoisotopic (exact) mass is 1230 g/mol. The highest BCUT2D eigenvalue weighted by molar-refractivity contribution is 7.90. The minimum Gasteiger partial charge on any atom is -0.481 e. The highest BCUT2D eigenvalue weighted by atomic mass is 32.2. The maximum atomic E-state index is 13.7. The van der Waals surface area contributed by atoms with Gasteiger partial charge in [0.25, 0.3) is 50.6 Å². The smallest absolute Gasteiger partial charge is 0.303 e. The Bertz CT molecular complexity index is 3990. The Hall–Kier alpha value is -4.94. The molecular weight excluding hydrogens is 1170 g/mol. The van der Waals surface area contributed by atoms with Crippen molar-refractivity contribution in [2.24, 2.45) is 0 Å². The maximum absolute atomic E-state index is 13.7. The van der Waals surface area contributed by atoms with Crippen molar-refractivity contribution in [1.82, 2.24) is 9.44 Å². The summed E-state index contributed by atoms with van der Waals surface area (Å²) in [5, 5.41) is 9.29. The van der Waals surface area contributed by atoms with E-state index in [1.54, 1.807) is 69.0 Å². The van der Waals surface area contributed by atoms with Crippen molar-refractivity contribution in [3.05, 3.63) is 95.7 Å². The fourth-order valence-corrected chi connectivity index (χ4v) is 15.2. The summed E-state index contributed by atoms with van der Waals surface area (Å²) < 4.78 is 228. The van der Waals surface area contributed by atoms with Gasteiger partial charge in [-0.15, -0.1) is 0 Å². The Morgan fingerprint density at radius 3 is 1.53 bits per heavy atom. The molecule has 2 aliphatic rings. The zero-order valence-corrected chi connectivity index (χ0v) is 47.8. The molecule has 2 heterocycles. The number of carbonyl (C=O) groups is 1. The van der Waals surface area contributed by atoms with Crippen LogP contribution in [0.3, 0.4) is 0 Å². The molecule has 0 aliphatic carbocycles. The van der Waals surface area contributed by atoms with Crippen LogP contribution in [-0.2, 0) is 86.3 Å². The van der Waals surface area contributed by atoms with Crippen LogP contribution >= 0.6 is 0 Å². The first kappa shape index (κ1) is 62.3. The Morgan fingerprint density at radius 1 is 0.564 bits per heavy atom. The lowest BCUT2D eigenvalue weighted by Crippen LogP contribution is -2.40. The topological polar surface area (TPSA) is 408 Å². The molecule has 0 saturated heterocycles. The minimum absolute atomic E-state index is 0.0109. The second-order valence-electron chi connectivity index (χ2n) is 19.6. The molecule has 32 heteroatoms. The Balaban J connectivity index is 1.47. The SMILES string of the molecule is CC1(C)\C(=C/C=C/C=C/C2N(CCCS(=O)(=O)O)c3ccc4c(S(=O)(=O)NCCS(=O)(=O)O)cc(S(=O)(=O)O)cc4c3C2(C)C)N(CCCCCC(=O)O)c2ccc3c(S(=O)(=O)NCCS(=O)(=O)O)cc(S(=O)(=O)O)cc3c21. The number of unbranched alkanes of at least 4 members (excludes halogenated alkanes) is 2. The van der Waals surface area contributed by atoms with Crippen LogP contribution < -0.4 is 19.2 Å². The largest absolute Gasteiger partial charge is 0.481 e. The molecule has 0 amide bonds. The number of benzene rings is 4. The first-order valence-corrected chi connectivity index (χ1v) is 34.2. The number of nitrogens with zero attached hydrogens (tertiary/aromatic N) is 2.